The smallest absolute Gasteiger partial charge is 0.247 e. The van der Waals surface area contributed by atoms with Crippen LogP contribution in [0.5, 0.6) is 11.5 Å². The van der Waals surface area contributed by atoms with Crippen molar-refractivity contribution < 1.29 is 13.9 Å². The van der Waals surface area contributed by atoms with Crippen LogP contribution in [0.15, 0.2) is 52.9 Å². The molecule has 0 spiro atoms. The lowest BCUT2D eigenvalue weighted by Crippen LogP contribution is -2.03. The molecule has 0 fully saturated rings. The molecule has 2 aromatic carbocycles. The lowest BCUT2D eigenvalue weighted by molar-refractivity contribution is 0.319. The van der Waals surface area contributed by atoms with Gasteiger partial charge in [-0.05, 0) is 23.8 Å². The van der Waals surface area contributed by atoms with Gasteiger partial charge in [-0.1, -0.05) is 24.3 Å². The van der Waals surface area contributed by atoms with Crippen molar-refractivity contribution in [1.29, 1.82) is 0 Å². The standard InChI is InChI=1S/C18H18N2O3/c1-13-19-20-18(23-13)17-9-4-3-6-14(17)10-11-22-16-8-5-7-15(12-16)21-2/h3-9,12H,10-11H2,1-2H3. The summed E-state index contributed by atoms with van der Waals surface area (Å²) in [6.07, 6.45) is 0.745. The molecule has 0 aliphatic rings. The quantitative estimate of drug-likeness (QED) is 0.695. The summed E-state index contributed by atoms with van der Waals surface area (Å²) in [5, 5.41) is 7.98. The lowest BCUT2D eigenvalue weighted by atomic mass is 10.1. The lowest BCUT2D eigenvalue weighted by Gasteiger charge is -2.09. The fourth-order valence-corrected chi connectivity index (χ4v) is 2.32. The molecule has 5 heteroatoms. The molecular formula is C18H18N2O3. The summed E-state index contributed by atoms with van der Waals surface area (Å²) in [6.45, 7) is 2.34. The maximum Gasteiger partial charge on any atom is 0.247 e. The van der Waals surface area contributed by atoms with Crippen LogP contribution in [-0.2, 0) is 6.42 Å². The second-order valence-corrected chi connectivity index (χ2v) is 5.06. The molecule has 1 aromatic heterocycles. The van der Waals surface area contributed by atoms with Gasteiger partial charge in [0.15, 0.2) is 0 Å². The number of hydrogen-bond acceptors (Lipinski definition) is 5. The zero-order valence-corrected chi connectivity index (χ0v) is 13.2. The number of rotatable bonds is 6. The van der Waals surface area contributed by atoms with Crippen molar-refractivity contribution in [3.05, 3.63) is 60.0 Å². The van der Waals surface area contributed by atoms with Crippen molar-refractivity contribution in [3.63, 3.8) is 0 Å². The first kappa shape index (κ1) is 15.1. The molecule has 0 aliphatic carbocycles. The number of nitrogens with zero attached hydrogens (tertiary/aromatic N) is 2. The second-order valence-electron chi connectivity index (χ2n) is 5.06. The van der Waals surface area contributed by atoms with Gasteiger partial charge >= 0.3 is 0 Å². The van der Waals surface area contributed by atoms with E-state index in [1.165, 1.54) is 0 Å². The summed E-state index contributed by atoms with van der Waals surface area (Å²) >= 11 is 0. The van der Waals surface area contributed by atoms with E-state index in [9.17, 15) is 0 Å². The van der Waals surface area contributed by atoms with E-state index in [1.54, 1.807) is 14.0 Å². The summed E-state index contributed by atoms with van der Waals surface area (Å²) in [5.74, 6) is 2.67. The first-order chi connectivity index (χ1) is 11.3. The van der Waals surface area contributed by atoms with E-state index in [2.05, 4.69) is 10.2 Å². The van der Waals surface area contributed by atoms with Crippen LogP contribution in [0.2, 0.25) is 0 Å². The predicted octanol–water partition coefficient (Wildman–Crippen LogP) is 3.68. The molecule has 0 radical (unpaired) electrons. The van der Waals surface area contributed by atoms with Crippen LogP contribution in [0.3, 0.4) is 0 Å². The van der Waals surface area contributed by atoms with Crippen LogP contribution in [-0.4, -0.2) is 23.9 Å². The van der Waals surface area contributed by atoms with E-state index in [-0.39, 0.29) is 0 Å². The van der Waals surface area contributed by atoms with Crippen LogP contribution in [0, 0.1) is 6.92 Å². The third-order valence-corrected chi connectivity index (χ3v) is 3.46. The van der Waals surface area contributed by atoms with Gasteiger partial charge in [-0.15, -0.1) is 10.2 Å². The number of hydrogen-bond donors (Lipinski definition) is 0. The van der Waals surface area contributed by atoms with Crippen LogP contribution in [0.25, 0.3) is 11.5 Å². The monoisotopic (exact) mass is 310 g/mol. The number of ether oxygens (including phenoxy) is 2. The highest BCUT2D eigenvalue weighted by molar-refractivity contribution is 5.58. The minimum Gasteiger partial charge on any atom is -0.497 e. The topological polar surface area (TPSA) is 57.4 Å². The predicted molar refractivity (Wildman–Crippen MR) is 86.7 cm³/mol. The van der Waals surface area contributed by atoms with Gasteiger partial charge < -0.3 is 13.9 Å². The molecule has 3 rings (SSSR count). The van der Waals surface area contributed by atoms with Gasteiger partial charge in [0, 0.05) is 25.0 Å². The number of methoxy groups -OCH3 is 1. The van der Waals surface area contributed by atoms with Crippen LogP contribution in [0.1, 0.15) is 11.5 Å². The molecule has 0 aliphatic heterocycles. The Morgan fingerprint density at radius 1 is 1.00 bits per heavy atom. The highest BCUT2D eigenvalue weighted by Gasteiger charge is 2.10. The first-order valence-corrected chi connectivity index (χ1v) is 7.41. The third kappa shape index (κ3) is 3.69. The molecule has 0 saturated carbocycles. The Bertz CT molecular complexity index is 783. The molecule has 118 valence electrons. The van der Waals surface area contributed by atoms with Gasteiger partial charge in [-0.25, -0.2) is 0 Å². The van der Waals surface area contributed by atoms with Crippen LogP contribution >= 0.6 is 0 Å². The van der Waals surface area contributed by atoms with Crippen molar-refractivity contribution in [3.8, 4) is 23.0 Å². The molecule has 1 heterocycles. The van der Waals surface area contributed by atoms with Gasteiger partial charge in [0.2, 0.25) is 11.8 Å². The van der Waals surface area contributed by atoms with Crippen LogP contribution < -0.4 is 9.47 Å². The maximum atomic E-state index is 5.80. The van der Waals surface area contributed by atoms with E-state index in [1.807, 2.05) is 48.5 Å². The molecule has 23 heavy (non-hydrogen) atoms. The van der Waals surface area contributed by atoms with Gasteiger partial charge in [0.05, 0.1) is 13.7 Å². The summed E-state index contributed by atoms with van der Waals surface area (Å²) in [7, 11) is 1.64. The highest BCUT2D eigenvalue weighted by atomic mass is 16.5. The zero-order chi connectivity index (χ0) is 16.1. The Kier molecular flexibility index (Phi) is 4.57. The summed E-state index contributed by atoms with van der Waals surface area (Å²) in [4.78, 5) is 0. The fourth-order valence-electron chi connectivity index (χ4n) is 2.32. The van der Waals surface area contributed by atoms with E-state index in [0.29, 0.717) is 18.4 Å². The molecule has 5 nitrogen and oxygen atoms in total. The van der Waals surface area contributed by atoms with Gasteiger partial charge in [-0.3, -0.25) is 0 Å². The molecule has 0 unspecified atom stereocenters. The van der Waals surface area contributed by atoms with Crippen molar-refractivity contribution in [1.82, 2.24) is 10.2 Å². The fraction of sp³-hybridized carbons (Fsp3) is 0.222. The number of aromatic nitrogens is 2. The SMILES string of the molecule is COc1cccc(OCCc2ccccc2-c2nnc(C)o2)c1. The molecule has 0 amide bonds. The molecule has 0 N–H and O–H groups in total. The number of benzene rings is 2. The number of aryl methyl sites for hydroxylation is 1. The van der Waals surface area contributed by atoms with E-state index < -0.39 is 0 Å². The Labute approximate surface area is 134 Å². The molecular weight excluding hydrogens is 292 g/mol. The summed E-state index contributed by atoms with van der Waals surface area (Å²) in [5.41, 5.74) is 2.06. The Morgan fingerprint density at radius 3 is 2.61 bits per heavy atom. The third-order valence-electron chi connectivity index (χ3n) is 3.46. The first-order valence-electron chi connectivity index (χ1n) is 7.41. The minimum atomic E-state index is 0.541. The molecule has 0 bridgehead atoms. The van der Waals surface area contributed by atoms with E-state index in [0.717, 1.165) is 29.0 Å². The van der Waals surface area contributed by atoms with Crippen molar-refractivity contribution in [2.24, 2.45) is 0 Å². The molecule has 0 saturated heterocycles. The van der Waals surface area contributed by atoms with Crippen LogP contribution in [0.4, 0.5) is 0 Å². The Balaban J connectivity index is 1.69. The van der Waals surface area contributed by atoms with Gasteiger partial charge in [0.25, 0.3) is 0 Å². The molecule has 3 aromatic rings. The maximum absolute atomic E-state index is 5.80. The van der Waals surface area contributed by atoms with E-state index >= 15 is 0 Å². The Morgan fingerprint density at radius 2 is 1.83 bits per heavy atom. The zero-order valence-electron chi connectivity index (χ0n) is 13.2. The van der Waals surface area contributed by atoms with Crippen molar-refractivity contribution >= 4 is 0 Å². The van der Waals surface area contributed by atoms with E-state index in [4.69, 9.17) is 13.9 Å². The Hall–Kier alpha value is -2.82. The summed E-state index contributed by atoms with van der Waals surface area (Å²) in [6, 6.07) is 15.6. The highest BCUT2D eigenvalue weighted by Crippen LogP contribution is 2.23. The van der Waals surface area contributed by atoms with Gasteiger partial charge in [-0.2, -0.15) is 0 Å². The van der Waals surface area contributed by atoms with Crippen molar-refractivity contribution in [2.45, 2.75) is 13.3 Å². The minimum absolute atomic E-state index is 0.541. The van der Waals surface area contributed by atoms with Gasteiger partial charge in [0.1, 0.15) is 11.5 Å². The normalized spacial score (nSPS) is 10.5. The van der Waals surface area contributed by atoms with Crippen molar-refractivity contribution in [2.75, 3.05) is 13.7 Å². The average Bonchev–Trinajstić information content (AvgIpc) is 3.02. The second kappa shape index (κ2) is 6.96. The summed E-state index contributed by atoms with van der Waals surface area (Å²) < 4.78 is 16.5. The molecule has 0 atom stereocenters. The largest absolute Gasteiger partial charge is 0.497 e. The average molecular weight is 310 g/mol.